The molecule has 3 unspecified atom stereocenters. The van der Waals surface area contributed by atoms with E-state index in [-0.39, 0.29) is 5.66 Å². The Bertz CT molecular complexity index is 988. The van der Waals surface area contributed by atoms with Crippen molar-refractivity contribution in [2.75, 3.05) is 13.1 Å². The first-order chi connectivity index (χ1) is 17.7. The number of likely N-dealkylation sites (N-methyl/N-ethyl adjacent to an activating group) is 1. The molecule has 2 rings (SSSR count). The van der Waals surface area contributed by atoms with Gasteiger partial charge in [0.1, 0.15) is 0 Å². The first-order valence-electron chi connectivity index (χ1n) is 14.3. The Morgan fingerprint density at radius 1 is 1.05 bits per heavy atom. The van der Waals surface area contributed by atoms with E-state index < -0.39 is 0 Å². The number of allylic oxidation sites excluding steroid dienone is 10. The van der Waals surface area contributed by atoms with Crippen LogP contribution in [0.1, 0.15) is 78.4 Å². The number of hydrogen-bond acceptors (Lipinski definition) is 2. The van der Waals surface area contributed by atoms with Crippen LogP contribution in [0.15, 0.2) is 96.7 Å². The third-order valence-corrected chi connectivity index (χ3v) is 7.61. The van der Waals surface area contributed by atoms with Crippen molar-refractivity contribution >= 4 is 0 Å². The van der Waals surface area contributed by atoms with Crippen molar-refractivity contribution in [1.82, 2.24) is 10.6 Å². The Kier molecular flexibility index (Phi) is 13.1. The average Bonchev–Trinajstić information content (AvgIpc) is 3.37. The highest BCUT2D eigenvalue weighted by Gasteiger charge is 2.39. The second-order valence-corrected chi connectivity index (χ2v) is 11.1. The molecule has 0 fully saturated rings. The highest BCUT2D eigenvalue weighted by Crippen LogP contribution is 2.35. The molecule has 0 aliphatic heterocycles. The lowest BCUT2D eigenvalue weighted by Gasteiger charge is -2.45. The van der Waals surface area contributed by atoms with Gasteiger partial charge in [0.25, 0.3) is 0 Å². The summed E-state index contributed by atoms with van der Waals surface area (Å²) >= 11 is 0. The predicted octanol–water partition coefficient (Wildman–Crippen LogP) is 8.68. The van der Waals surface area contributed by atoms with Gasteiger partial charge in [-0.05, 0) is 55.7 Å². The molecule has 202 valence electrons. The lowest BCUT2D eigenvalue weighted by molar-refractivity contribution is 0.155. The van der Waals surface area contributed by atoms with E-state index in [1.165, 1.54) is 22.3 Å². The van der Waals surface area contributed by atoms with Crippen LogP contribution in [-0.2, 0) is 6.42 Å². The molecule has 2 heteroatoms. The van der Waals surface area contributed by atoms with Gasteiger partial charge in [-0.25, -0.2) is 0 Å². The van der Waals surface area contributed by atoms with Gasteiger partial charge in [0.05, 0.1) is 5.66 Å². The van der Waals surface area contributed by atoms with Gasteiger partial charge in [-0.1, -0.05) is 138 Å². The van der Waals surface area contributed by atoms with Crippen LogP contribution in [0.3, 0.4) is 0 Å². The highest BCUT2D eigenvalue weighted by atomic mass is 15.2. The summed E-state index contributed by atoms with van der Waals surface area (Å²) in [6.07, 6.45) is 23.1. The molecular weight excluding hydrogens is 448 g/mol. The van der Waals surface area contributed by atoms with E-state index in [1.807, 2.05) is 6.08 Å². The number of hydrogen-bond donors (Lipinski definition) is 2. The van der Waals surface area contributed by atoms with Gasteiger partial charge in [-0.3, -0.25) is 10.6 Å². The van der Waals surface area contributed by atoms with Crippen molar-refractivity contribution in [1.29, 1.82) is 0 Å². The van der Waals surface area contributed by atoms with E-state index in [4.69, 9.17) is 0 Å². The van der Waals surface area contributed by atoms with Crippen LogP contribution in [0.4, 0.5) is 0 Å². The largest absolute Gasteiger partial charge is 0.299 e. The molecule has 0 bridgehead atoms. The Labute approximate surface area is 228 Å². The lowest BCUT2D eigenvalue weighted by Crippen LogP contribution is -2.63. The Hall–Kier alpha value is -2.42. The molecule has 0 heterocycles. The number of rotatable bonds is 16. The molecule has 0 spiro atoms. The summed E-state index contributed by atoms with van der Waals surface area (Å²) in [5, 5.41) is 7.84. The second-order valence-electron chi connectivity index (χ2n) is 11.1. The van der Waals surface area contributed by atoms with Crippen LogP contribution >= 0.6 is 0 Å². The van der Waals surface area contributed by atoms with Crippen molar-refractivity contribution in [2.24, 2.45) is 17.8 Å². The van der Waals surface area contributed by atoms with Gasteiger partial charge in [0, 0.05) is 18.4 Å². The van der Waals surface area contributed by atoms with Gasteiger partial charge in [0.15, 0.2) is 0 Å². The Balaban J connectivity index is 2.21. The van der Waals surface area contributed by atoms with Crippen LogP contribution in [0.5, 0.6) is 0 Å². The molecule has 0 saturated carbocycles. The summed E-state index contributed by atoms with van der Waals surface area (Å²) in [7, 11) is 0. The highest BCUT2D eigenvalue weighted by molar-refractivity contribution is 5.38. The first kappa shape index (κ1) is 30.8. The molecule has 0 aromatic heterocycles. The summed E-state index contributed by atoms with van der Waals surface area (Å²) in [4.78, 5) is 0. The Morgan fingerprint density at radius 2 is 1.81 bits per heavy atom. The molecule has 0 saturated heterocycles. The van der Waals surface area contributed by atoms with Crippen LogP contribution in [0.25, 0.3) is 0 Å². The zero-order chi connectivity index (χ0) is 27.3. The maximum Gasteiger partial charge on any atom is 0.0780 e. The normalized spacial score (nSPS) is 17.6. The SMILES string of the molecule is C=C/C=C(\C)C(/C=C\C(C)C)C/C=C\CNC(NCC)(C(C)C)C(C)c1ccccc1CC1=CC=CC1. The van der Waals surface area contributed by atoms with E-state index in [2.05, 4.69) is 139 Å². The number of benzene rings is 1. The zero-order valence-electron chi connectivity index (χ0n) is 24.6. The molecule has 3 atom stereocenters. The maximum atomic E-state index is 3.96. The van der Waals surface area contributed by atoms with Crippen molar-refractivity contribution < 1.29 is 0 Å². The monoisotopic (exact) mass is 500 g/mol. The van der Waals surface area contributed by atoms with Gasteiger partial charge in [-0.15, -0.1) is 0 Å². The molecule has 1 aromatic rings. The third-order valence-electron chi connectivity index (χ3n) is 7.61. The molecule has 2 nitrogen and oxygen atoms in total. The second kappa shape index (κ2) is 15.7. The Morgan fingerprint density at radius 3 is 2.43 bits per heavy atom. The van der Waals surface area contributed by atoms with Gasteiger partial charge in [-0.2, -0.15) is 0 Å². The fourth-order valence-electron chi connectivity index (χ4n) is 5.44. The van der Waals surface area contributed by atoms with Gasteiger partial charge in [0.2, 0.25) is 0 Å². The van der Waals surface area contributed by atoms with Crippen LogP contribution in [-0.4, -0.2) is 18.8 Å². The minimum atomic E-state index is -0.201. The minimum absolute atomic E-state index is 0.201. The third kappa shape index (κ3) is 9.13. The van der Waals surface area contributed by atoms with Crippen molar-refractivity contribution in [3.05, 3.63) is 108 Å². The fraction of sp³-hybridized carbons (Fsp3) is 0.486. The summed E-state index contributed by atoms with van der Waals surface area (Å²) < 4.78 is 0. The van der Waals surface area contributed by atoms with E-state index in [9.17, 15) is 0 Å². The molecule has 37 heavy (non-hydrogen) atoms. The minimum Gasteiger partial charge on any atom is -0.299 e. The molecule has 0 radical (unpaired) electrons. The molecule has 1 aliphatic carbocycles. The van der Waals surface area contributed by atoms with Gasteiger partial charge < -0.3 is 0 Å². The van der Waals surface area contributed by atoms with Crippen molar-refractivity contribution in [2.45, 2.75) is 79.3 Å². The van der Waals surface area contributed by atoms with Crippen LogP contribution in [0.2, 0.25) is 0 Å². The van der Waals surface area contributed by atoms with E-state index >= 15 is 0 Å². The van der Waals surface area contributed by atoms with Crippen LogP contribution in [0, 0.1) is 17.8 Å². The number of nitrogens with one attached hydrogen (secondary N) is 2. The molecule has 0 amide bonds. The molecule has 1 aliphatic rings. The van der Waals surface area contributed by atoms with Gasteiger partial charge >= 0.3 is 0 Å². The van der Waals surface area contributed by atoms with Crippen molar-refractivity contribution in [3.8, 4) is 0 Å². The first-order valence-corrected chi connectivity index (χ1v) is 14.3. The standard InChI is InChI=1S/C35H52N2/c1-9-17-29(7)32(24-23-27(3)4)20-15-16-25-37-35(28(5)6,36-10-2)30(8)34-22-14-13-21-33(34)26-31-18-11-12-19-31/h9,11-18,21-24,27-28,30,32,36-37H,1,10,19-20,25-26H2,2-8H3/b16-15-,24-23-,29-17+. The van der Waals surface area contributed by atoms with E-state index in [0.29, 0.717) is 23.7 Å². The smallest absolute Gasteiger partial charge is 0.0780 e. The van der Waals surface area contributed by atoms with E-state index in [0.717, 1.165) is 32.4 Å². The van der Waals surface area contributed by atoms with Crippen molar-refractivity contribution in [3.63, 3.8) is 0 Å². The topological polar surface area (TPSA) is 24.1 Å². The zero-order valence-corrected chi connectivity index (χ0v) is 24.6. The van der Waals surface area contributed by atoms with E-state index in [1.54, 1.807) is 0 Å². The summed E-state index contributed by atoms with van der Waals surface area (Å²) in [6, 6.07) is 9.01. The molecule has 1 aromatic carbocycles. The average molecular weight is 501 g/mol. The molecule has 2 N–H and O–H groups in total. The maximum absolute atomic E-state index is 3.96. The quantitative estimate of drug-likeness (QED) is 0.135. The molecular formula is C35H52N2. The lowest BCUT2D eigenvalue weighted by atomic mass is 9.77. The summed E-state index contributed by atoms with van der Waals surface area (Å²) in [5.41, 5.74) is 5.52. The summed E-state index contributed by atoms with van der Waals surface area (Å²) in [5.74, 6) is 1.69. The van der Waals surface area contributed by atoms with Crippen LogP contribution < -0.4 is 10.6 Å². The predicted molar refractivity (Wildman–Crippen MR) is 165 cm³/mol. The fourth-order valence-corrected chi connectivity index (χ4v) is 5.44. The summed E-state index contributed by atoms with van der Waals surface area (Å²) in [6.45, 7) is 21.6.